The molecule has 0 saturated carbocycles. The first-order valence-corrected chi connectivity index (χ1v) is 13.5. The fourth-order valence-corrected chi connectivity index (χ4v) is 15.5. The monoisotopic (exact) mass is 377 g/mol. The van der Waals surface area contributed by atoms with E-state index in [2.05, 4.69) is 24.5 Å². The van der Waals surface area contributed by atoms with Crippen LogP contribution in [0.15, 0.2) is 24.3 Å². The van der Waals surface area contributed by atoms with Crippen LogP contribution < -0.4 is 9.31 Å². The Morgan fingerprint density at radius 3 is 2.28 bits per heavy atom. The minimum absolute atomic E-state index is 0.545. The first kappa shape index (κ1) is 16.3. The van der Waals surface area contributed by atoms with Gasteiger partial charge in [0.05, 0.1) is 0 Å². The van der Waals surface area contributed by atoms with E-state index in [1.807, 2.05) is 19.9 Å². The summed E-state index contributed by atoms with van der Waals surface area (Å²) in [4.78, 5) is 0. The molecule has 0 aliphatic carbocycles. The van der Waals surface area contributed by atoms with Crippen LogP contribution in [-0.4, -0.2) is 42.4 Å². The molecule has 1 aromatic rings. The molecule has 2 N–H and O–H groups in total. The third-order valence-corrected chi connectivity index (χ3v) is 17.2. The predicted molar refractivity (Wildman–Crippen MR) is 81.4 cm³/mol. The Morgan fingerprint density at radius 1 is 1.17 bits per heavy atom. The maximum absolute atomic E-state index is 6.15. The summed E-state index contributed by atoms with van der Waals surface area (Å²) in [5.74, 6) is 0. The van der Waals surface area contributed by atoms with Crippen molar-refractivity contribution in [3.8, 4) is 0 Å². The fraction of sp³-hybridized carbons (Fsp3) is 0.538. The second-order valence-electron chi connectivity index (χ2n) is 3.91. The number of nitrogens with two attached hydrogens (primary N) is 1. The summed E-state index contributed by atoms with van der Waals surface area (Å²) in [7, 11) is 0. The summed E-state index contributed by atoms with van der Waals surface area (Å²) < 4.78 is 14.5. The summed E-state index contributed by atoms with van der Waals surface area (Å²) >= 11 is -1.41. The second-order valence-corrected chi connectivity index (χ2v) is 14.7. The molecule has 3 nitrogen and oxygen atoms in total. The average Bonchev–Trinajstić information content (AvgIpc) is 2.39. The number of benzene rings is 1. The molecular weight excluding hydrogens is 353 g/mol. The van der Waals surface area contributed by atoms with E-state index >= 15 is 0 Å². The zero-order valence-electron chi connectivity index (χ0n) is 11.4. The molecule has 0 fully saturated rings. The zero-order chi connectivity index (χ0) is 13.4. The van der Waals surface area contributed by atoms with E-state index in [9.17, 15) is 0 Å². The van der Waals surface area contributed by atoms with Crippen LogP contribution in [0.3, 0.4) is 0 Å². The normalized spacial score (nSPS) is 11.8. The van der Waals surface area contributed by atoms with Crippen molar-refractivity contribution in [1.82, 2.24) is 0 Å². The van der Waals surface area contributed by atoms with Crippen molar-refractivity contribution in [3.05, 3.63) is 29.8 Å². The van der Waals surface area contributed by atoms with Crippen molar-refractivity contribution in [2.45, 2.75) is 20.4 Å². The molecule has 0 bridgehead atoms. The number of hydrogen-bond acceptors (Lipinski definition) is 4. The van der Waals surface area contributed by atoms with Crippen LogP contribution >= 0.6 is 11.8 Å². The van der Waals surface area contributed by atoms with Gasteiger partial charge in [-0.1, -0.05) is 0 Å². The molecule has 0 atom stereocenters. The molecule has 0 aliphatic rings. The summed E-state index contributed by atoms with van der Waals surface area (Å²) in [6.45, 7) is 6.03. The topological polar surface area (TPSA) is 44.5 Å². The van der Waals surface area contributed by atoms with Gasteiger partial charge in [0.2, 0.25) is 0 Å². The van der Waals surface area contributed by atoms with Gasteiger partial charge in [-0.3, -0.25) is 0 Å². The van der Waals surface area contributed by atoms with Gasteiger partial charge in [-0.05, 0) is 0 Å². The van der Waals surface area contributed by atoms with Crippen molar-refractivity contribution in [3.63, 3.8) is 0 Å². The van der Waals surface area contributed by atoms with Gasteiger partial charge < -0.3 is 0 Å². The van der Waals surface area contributed by atoms with Gasteiger partial charge in [0.25, 0.3) is 0 Å². The van der Waals surface area contributed by atoms with Crippen LogP contribution in [0.4, 0.5) is 0 Å². The van der Waals surface area contributed by atoms with Gasteiger partial charge in [-0.2, -0.15) is 0 Å². The molecule has 0 aliphatic heterocycles. The molecule has 0 unspecified atom stereocenters. The van der Waals surface area contributed by atoms with Crippen LogP contribution in [0.25, 0.3) is 0 Å². The first-order chi connectivity index (χ1) is 8.74. The molecule has 0 saturated heterocycles. The fourth-order valence-electron chi connectivity index (χ4n) is 2.08. The van der Waals surface area contributed by atoms with Crippen molar-refractivity contribution < 1.29 is 6.15 Å². The summed E-state index contributed by atoms with van der Waals surface area (Å²) in [6, 6.07) is 8.30. The molecule has 0 spiro atoms. The van der Waals surface area contributed by atoms with Crippen LogP contribution in [0.5, 0.6) is 0 Å². The van der Waals surface area contributed by atoms with E-state index < -0.39 is 19.2 Å². The predicted octanol–water partition coefficient (Wildman–Crippen LogP) is 1.77. The minimum atomic E-state index is -3.21. The van der Waals surface area contributed by atoms with Gasteiger partial charge in [-0.25, -0.2) is 0 Å². The van der Waals surface area contributed by atoms with E-state index in [1.165, 1.54) is 9.14 Å². The molecule has 1 rings (SSSR count). The van der Waals surface area contributed by atoms with Gasteiger partial charge in [0, 0.05) is 0 Å². The van der Waals surface area contributed by atoms with Gasteiger partial charge in [0.1, 0.15) is 0 Å². The van der Waals surface area contributed by atoms with Crippen molar-refractivity contribution in [2.75, 3.05) is 23.2 Å². The Bertz CT molecular complexity index is 346. The molecule has 0 radical (unpaired) electrons. The summed E-state index contributed by atoms with van der Waals surface area (Å²) in [6.07, 6.45) is 2.11. The summed E-state index contributed by atoms with van der Waals surface area (Å²) in [5.41, 5.74) is 7.02. The number of thioether (sulfide) groups is 1. The van der Waals surface area contributed by atoms with Crippen molar-refractivity contribution in [1.29, 1.82) is 0 Å². The Labute approximate surface area is 119 Å². The molecule has 5 heteroatoms. The van der Waals surface area contributed by atoms with Gasteiger partial charge in [-0.15, -0.1) is 0 Å². The molecular formula is C13H23NO2SSn. The molecule has 0 amide bonds. The standard InChI is InChI=1S/C7H8N.2C2H5O.C2H5S.Sn/c8-6-7-4-2-1-3-5-7;2*1-2-3;1-3-2;/h1-4H,6,8H2;2*2H2,1H3;1H2,2H3;/q;2*-1;;+2. The van der Waals surface area contributed by atoms with Gasteiger partial charge in [0.15, 0.2) is 0 Å². The Kier molecular flexibility index (Phi) is 7.63. The zero-order valence-corrected chi connectivity index (χ0v) is 15.1. The van der Waals surface area contributed by atoms with E-state index in [0.717, 1.165) is 3.77 Å². The summed E-state index contributed by atoms with van der Waals surface area (Å²) in [5, 5.41) is 0. The van der Waals surface area contributed by atoms with E-state index in [4.69, 9.17) is 11.9 Å². The van der Waals surface area contributed by atoms with Crippen molar-refractivity contribution >= 4 is 34.5 Å². The van der Waals surface area contributed by atoms with E-state index in [0.29, 0.717) is 19.8 Å². The second kappa shape index (κ2) is 8.43. The number of rotatable bonds is 8. The molecule has 18 heavy (non-hydrogen) atoms. The third kappa shape index (κ3) is 3.87. The first-order valence-electron chi connectivity index (χ1n) is 6.29. The Balaban J connectivity index is 3.20. The van der Waals surface area contributed by atoms with E-state index in [-0.39, 0.29) is 0 Å². The maximum atomic E-state index is 6.15. The van der Waals surface area contributed by atoms with Crippen LogP contribution in [-0.2, 0) is 12.7 Å². The van der Waals surface area contributed by atoms with Crippen LogP contribution in [0.1, 0.15) is 19.4 Å². The molecule has 102 valence electrons. The molecule has 0 aromatic heterocycles. The average molecular weight is 376 g/mol. The van der Waals surface area contributed by atoms with Crippen LogP contribution in [0, 0.1) is 0 Å². The Morgan fingerprint density at radius 2 is 1.78 bits per heavy atom. The van der Waals surface area contributed by atoms with Gasteiger partial charge >= 0.3 is 120 Å². The Hall–Kier alpha value is 0.249. The SMILES string of the molecule is CC[O][Sn]([CH2]SC)([O]CC)[c]1ccccc1CN. The van der Waals surface area contributed by atoms with E-state index in [1.54, 1.807) is 11.8 Å². The van der Waals surface area contributed by atoms with Crippen molar-refractivity contribution in [2.24, 2.45) is 5.73 Å². The number of hydrogen-bond donors (Lipinski definition) is 1. The molecule has 1 aromatic carbocycles. The third-order valence-electron chi connectivity index (χ3n) is 2.74. The molecule has 0 heterocycles. The van der Waals surface area contributed by atoms with Crippen LogP contribution in [0.2, 0.25) is 0 Å². The quantitative estimate of drug-likeness (QED) is 0.703.